The molecule has 1 aromatic carbocycles. The molecular weight excluding hydrogens is 449 g/mol. The summed E-state index contributed by atoms with van der Waals surface area (Å²) in [7, 11) is 1.73. The van der Waals surface area contributed by atoms with Crippen LogP contribution in [0.2, 0.25) is 10.0 Å². The van der Waals surface area contributed by atoms with E-state index in [1.807, 2.05) is 0 Å². The fourth-order valence-corrected chi connectivity index (χ4v) is 3.15. The summed E-state index contributed by atoms with van der Waals surface area (Å²) in [5, 5.41) is 25.8. The molecule has 0 unspecified atom stereocenters. The smallest absolute Gasteiger partial charge is 0.368 e. The Hall–Kier alpha value is -3.57. The van der Waals surface area contributed by atoms with E-state index >= 15 is 0 Å². The van der Waals surface area contributed by atoms with Gasteiger partial charge in [-0.15, -0.1) is 0 Å². The minimum Gasteiger partial charge on any atom is -0.368 e. The molecule has 2 aromatic heterocycles. The summed E-state index contributed by atoms with van der Waals surface area (Å²) in [5.74, 6) is 0.298. The van der Waals surface area contributed by atoms with Crippen molar-refractivity contribution in [2.24, 2.45) is 0 Å². The van der Waals surface area contributed by atoms with Crippen LogP contribution in [-0.4, -0.2) is 44.9 Å². The molecule has 1 N–H and O–H groups in total. The maximum Gasteiger partial charge on any atom is 0.390 e. The van der Waals surface area contributed by atoms with Gasteiger partial charge in [0.05, 0.1) is 16.0 Å². The summed E-state index contributed by atoms with van der Waals surface area (Å²) in [4.78, 5) is 35.2. The normalized spacial score (nSPS) is 10.5. The second-order valence-electron chi connectivity index (χ2n) is 6.29. The Kier molecular flexibility index (Phi) is 6.78. The Bertz CT molecular complexity index is 1150. The molecule has 0 aliphatic carbocycles. The van der Waals surface area contributed by atoms with Gasteiger partial charge in [0, 0.05) is 43.0 Å². The standard InChI is InChI=1S/C18H15Cl2N7O4/c1-25(7-6-22-15-9-12(26(28)29)4-5-21-15)16-10-23-18(27(30)31)17(24-16)13-3-2-11(19)8-14(13)20/h2-5,8-10H,6-7H2,1H3,(H,21,22). The second-order valence-corrected chi connectivity index (χ2v) is 7.13. The summed E-state index contributed by atoms with van der Waals surface area (Å²) in [6.45, 7) is 0.783. The van der Waals surface area contributed by atoms with Crippen molar-refractivity contribution in [3.05, 3.63) is 73.0 Å². The van der Waals surface area contributed by atoms with Crippen molar-refractivity contribution in [2.75, 3.05) is 30.4 Å². The minimum atomic E-state index is -0.632. The first-order valence-corrected chi connectivity index (χ1v) is 9.54. The Morgan fingerprint density at radius 2 is 1.87 bits per heavy atom. The minimum absolute atomic E-state index is 0.0179. The first-order valence-electron chi connectivity index (χ1n) is 8.78. The van der Waals surface area contributed by atoms with Gasteiger partial charge in [-0.2, -0.15) is 0 Å². The van der Waals surface area contributed by atoms with Gasteiger partial charge in [0.1, 0.15) is 5.82 Å². The van der Waals surface area contributed by atoms with Gasteiger partial charge in [-0.3, -0.25) is 10.1 Å². The van der Waals surface area contributed by atoms with Gasteiger partial charge in [0.15, 0.2) is 17.7 Å². The summed E-state index contributed by atoms with van der Waals surface area (Å²) in [5.41, 5.74) is 0.278. The summed E-state index contributed by atoms with van der Waals surface area (Å²) >= 11 is 12.1. The van der Waals surface area contributed by atoms with Crippen LogP contribution in [0.5, 0.6) is 0 Å². The van der Waals surface area contributed by atoms with E-state index in [-0.39, 0.29) is 16.4 Å². The number of hydrogen-bond acceptors (Lipinski definition) is 9. The van der Waals surface area contributed by atoms with Crippen molar-refractivity contribution >= 4 is 46.3 Å². The lowest BCUT2D eigenvalue weighted by Gasteiger charge is -2.18. The van der Waals surface area contributed by atoms with Crippen molar-refractivity contribution < 1.29 is 9.85 Å². The number of nitro groups is 2. The molecule has 0 fully saturated rings. The van der Waals surface area contributed by atoms with E-state index < -0.39 is 15.7 Å². The van der Waals surface area contributed by atoms with Gasteiger partial charge < -0.3 is 20.3 Å². The summed E-state index contributed by atoms with van der Waals surface area (Å²) in [6.07, 6.45) is 2.63. The van der Waals surface area contributed by atoms with Crippen LogP contribution in [0.25, 0.3) is 11.3 Å². The number of likely N-dealkylation sites (N-methyl/N-ethyl adjacent to an activating group) is 1. The van der Waals surface area contributed by atoms with Crippen LogP contribution in [-0.2, 0) is 0 Å². The highest BCUT2D eigenvalue weighted by molar-refractivity contribution is 6.36. The predicted molar refractivity (Wildman–Crippen MR) is 117 cm³/mol. The first kappa shape index (κ1) is 22.1. The maximum atomic E-state index is 11.4. The third-order valence-electron chi connectivity index (χ3n) is 4.20. The highest BCUT2D eigenvalue weighted by atomic mass is 35.5. The molecule has 0 atom stereocenters. The van der Waals surface area contributed by atoms with Gasteiger partial charge in [0.25, 0.3) is 5.69 Å². The number of rotatable bonds is 8. The lowest BCUT2D eigenvalue weighted by Crippen LogP contribution is -2.26. The molecule has 2 heterocycles. The molecule has 0 saturated carbocycles. The zero-order valence-electron chi connectivity index (χ0n) is 16.0. The molecule has 3 aromatic rings. The number of pyridine rings is 1. The number of benzene rings is 1. The van der Waals surface area contributed by atoms with Crippen molar-refractivity contribution in [1.82, 2.24) is 15.0 Å². The van der Waals surface area contributed by atoms with Gasteiger partial charge in [0.2, 0.25) is 0 Å². The predicted octanol–water partition coefficient (Wildman–Crippen LogP) is 4.21. The molecule has 0 spiro atoms. The highest BCUT2D eigenvalue weighted by Crippen LogP contribution is 2.34. The lowest BCUT2D eigenvalue weighted by atomic mass is 10.1. The van der Waals surface area contributed by atoms with Crippen molar-refractivity contribution in [2.45, 2.75) is 0 Å². The first-order chi connectivity index (χ1) is 14.8. The molecule has 0 radical (unpaired) electrons. The molecule has 0 saturated heterocycles. The number of aromatic nitrogens is 3. The van der Waals surface area contributed by atoms with E-state index in [2.05, 4.69) is 20.3 Å². The largest absolute Gasteiger partial charge is 0.390 e. The number of halogens is 2. The van der Waals surface area contributed by atoms with Crippen LogP contribution < -0.4 is 10.2 Å². The molecule has 13 heteroatoms. The topological polar surface area (TPSA) is 140 Å². The zero-order chi connectivity index (χ0) is 22.5. The number of nitrogens with zero attached hydrogens (tertiary/aromatic N) is 6. The molecule has 31 heavy (non-hydrogen) atoms. The van der Waals surface area contributed by atoms with Gasteiger partial charge >= 0.3 is 5.82 Å². The monoisotopic (exact) mass is 463 g/mol. The molecule has 3 rings (SSSR count). The third-order valence-corrected chi connectivity index (χ3v) is 4.75. The second kappa shape index (κ2) is 9.49. The van der Waals surface area contributed by atoms with Crippen molar-refractivity contribution in [3.63, 3.8) is 0 Å². The quantitative estimate of drug-likeness (QED) is 0.383. The molecule has 160 valence electrons. The SMILES string of the molecule is CN(CCNc1cc([N+](=O)[O-])ccn1)c1cnc([N+](=O)[O-])c(-c2ccc(Cl)cc2Cl)n1. The van der Waals surface area contributed by atoms with Crippen molar-refractivity contribution in [3.8, 4) is 11.3 Å². The van der Waals surface area contributed by atoms with Gasteiger partial charge in [-0.1, -0.05) is 23.2 Å². The molecular formula is C18H15Cl2N7O4. The van der Waals surface area contributed by atoms with Gasteiger partial charge in [-0.05, 0) is 28.1 Å². The Morgan fingerprint density at radius 3 is 2.55 bits per heavy atom. The van der Waals surface area contributed by atoms with Crippen LogP contribution >= 0.6 is 23.2 Å². The van der Waals surface area contributed by atoms with Crippen LogP contribution in [0.1, 0.15) is 0 Å². The summed E-state index contributed by atoms with van der Waals surface area (Å²) in [6, 6.07) is 7.19. The highest BCUT2D eigenvalue weighted by Gasteiger charge is 2.23. The molecule has 0 amide bonds. The lowest BCUT2D eigenvalue weighted by molar-refractivity contribution is -0.389. The zero-order valence-corrected chi connectivity index (χ0v) is 17.5. The molecule has 0 aliphatic heterocycles. The third kappa shape index (κ3) is 5.32. The maximum absolute atomic E-state index is 11.4. The molecule has 11 nitrogen and oxygen atoms in total. The molecule has 0 bridgehead atoms. The average molecular weight is 464 g/mol. The summed E-state index contributed by atoms with van der Waals surface area (Å²) < 4.78 is 0. The number of hydrogen-bond donors (Lipinski definition) is 1. The fourth-order valence-electron chi connectivity index (χ4n) is 2.65. The van der Waals surface area contributed by atoms with Crippen LogP contribution in [0.4, 0.5) is 23.1 Å². The Labute approximate surface area is 186 Å². The van der Waals surface area contributed by atoms with E-state index in [1.165, 1.54) is 30.6 Å². The van der Waals surface area contributed by atoms with Crippen LogP contribution in [0.15, 0.2) is 42.7 Å². The van der Waals surface area contributed by atoms with E-state index in [9.17, 15) is 20.2 Å². The average Bonchev–Trinajstić information content (AvgIpc) is 2.73. The van der Waals surface area contributed by atoms with E-state index in [4.69, 9.17) is 23.2 Å². The van der Waals surface area contributed by atoms with Crippen LogP contribution in [0, 0.1) is 20.2 Å². The van der Waals surface area contributed by atoms with Crippen molar-refractivity contribution in [1.29, 1.82) is 0 Å². The fraction of sp³-hybridized carbons (Fsp3) is 0.167. The Balaban J connectivity index is 1.78. The van der Waals surface area contributed by atoms with Gasteiger partial charge in [-0.25, -0.2) is 9.97 Å². The van der Waals surface area contributed by atoms with Crippen LogP contribution in [0.3, 0.4) is 0 Å². The number of anilines is 2. The van der Waals surface area contributed by atoms with E-state index in [1.54, 1.807) is 24.1 Å². The molecule has 0 aliphatic rings. The van der Waals surface area contributed by atoms with E-state index in [0.29, 0.717) is 35.3 Å². The van der Waals surface area contributed by atoms with E-state index in [0.717, 1.165) is 0 Å². The number of nitrogens with one attached hydrogen (secondary N) is 1. The Morgan fingerprint density at radius 1 is 1.10 bits per heavy atom.